The molecule has 19 heavy (non-hydrogen) atoms. The van der Waals surface area contributed by atoms with E-state index in [0.29, 0.717) is 5.56 Å². The van der Waals surface area contributed by atoms with E-state index in [-0.39, 0.29) is 5.69 Å². The molecule has 2 N–H and O–H groups in total. The molecular formula is C14H12ClNO3. The van der Waals surface area contributed by atoms with Crippen LogP contribution >= 0.6 is 11.6 Å². The first-order valence-corrected chi connectivity index (χ1v) is 6.06. The van der Waals surface area contributed by atoms with Crippen LogP contribution in [0.25, 0.3) is 0 Å². The molecular weight excluding hydrogens is 266 g/mol. The summed E-state index contributed by atoms with van der Waals surface area (Å²) in [6, 6.07) is 13.3. The normalized spacial score (nSPS) is 15.5. The molecule has 4 nitrogen and oxygen atoms in total. The number of hydrogen-bond acceptors (Lipinski definition) is 3. The standard InChI is InChI=1S/C14H12ClNO3/c15-12(13(17)18)14(19,10-6-2-1-3-7-10)11-8-4-5-9-16-11/h1-9,12,19H,(H,17,18). The number of aromatic nitrogens is 1. The molecule has 2 rings (SSSR count). The second-order valence-electron chi connectivity index (χ2n) is 4.05. The summed E-state index contributed by atoms with van der Waals surface area (Å²) in [5.41, 5.74) is -1.30. The molecule has 98 valence electrons. The van der Waals surface area contributed by atoms with Gasteiger partial charge in [-0.2, -0.15) is 0 Å². The zero-order valence-electron chi connectivity index (χ0n) is 9.90. The Morgan fingerprint density at radius 2 is 1.79 bits per heavy atom. The number of hydrogen-bond donors (Lipinski definition) is 2. The van der Waals surface area contributed by atoms with E-state index in [9.17, 15) is 9.90 Å². The highest BCUT2D eigenvalue weighted by molar-refractivity contribution is 6.30. The topological polar surface area (TPSA) is 70.4 Å². The second-order valence-corrected chi connectivity index (χ2v) is 4.48. The summed E-state index contributed by atoms with van der Waals surface area (Å²) < 4.78 is 0. The van der Waals surface area contributed by atoms with Crippen LogP contribution < -0.4 is 0 Å². The summed E-state index contributed by atoms with van der Waals surface area (Å²) in [4.78, 5) is 15.2. The van der Waals surface area contributed by atoms with Crippen molar-refractivity contribution in [3.8, 4) is 0 Å². The minimum absolute atomic E-state index is 0.198. The summed E-state index contributed by atoms with van der Waals surface area (Å²) in [6.07, 6.45) is 1.48. The van der Waals surface area contributed by atoms with E-state index in [4.69, 9.17) is 16.7 Å². The average molecular weight is 278 g/mol. The Kier molecular flexibility index (Phi) is 3.83. The van der Waals surface area contributed by atoms with Gasteiger partial charge in [0.15, 0.2) is 11.0 Å². The van der Waals surface area contributed by atoms with Crippen LogP contribution in [0.1, 0.15) is 11.3 Å². The van der Waals surface area contributed by atoms with E-state index >= 15 is 0 Å². The fraction of sp³-hybridized carbons (Fsp3) is 0.143. The van der Waals surface area contributed by atoms with Gasteiger partial charge in [-0.1, -0.05) is 36.4 Å². The molecule has 1 heterocycles. The summed E-state index contributed by atoms with van der Waals surface area (Å²) in [6.45, 7) is 0. The predicted molar refractivity (Wildman–Crippen MR) is 71.0 cm³/mol. The largest absolute Gasteiger partial charge is 0.480 e. The molecule has 0 aliphatic rings. The van der Waals surface area contributed by atoms with Crippen molar-refractivity contribution in [2.45, 2.75) is 11.0 Å². The zero-order valence-corrected chi connectivity index (χ0v) is 10.7. The Morgan fingerprint density at radius 3 is 2.32 bits per heavy atom. The number of carbonyl (C=O) groups is 1. The minimum atomic E-state index is -1.88. The molecule has 2 unspecified atom stereocenters. The van der Waals surface area contributed by atoms with Gasteiger partial charge in [0.1, 0.15) is 0 Å². The maximum atomic E-state index is 11.2. The van der Waals surface area contributed by atoms with Gasteiger partial charge < -0.3 is 10.2 Å². The van der Waals surface area contributed by atoms with Crippen molar-refractivity contribution in [2.24, 2.45) is 0 Å². The van der Waals surface area contributed by atoms with Gasteiger partial charge in [-0.3, -0.25) is 9.78 Å². The van der Waals surface area contributed by atoms with Crippen molar-refractivity contribution in [1.29, 1.82) is 0 Å². The van der Waals surface area contributed by atoms with Crippen molar-refractivity contribution < 1.29 is 15.0 Å². The lowest BCUT2D eigenvalue weighted by Crippen LogP contribution is -2.42. The molecule has 1 aromatic heterocycles. The second kappa shape index (κ2) is 5.38. The fourth-order valence-electron chi connectivity index (χ4n) is 1.88. The van der Waals surface area contributed by atoms with Crippen LogP contribution in [0.15, 0.2) is 54.7 Å². The Bertz CT molecular complexity index is 520. The maximum absolute atomic E-state index is 11.2. The number of halogens is 1. The summed E-state index contributed by atoms with van der Waals surface area (Å²) >= 11 is 5.90. The molecule has 2 atom stereocenters. The quantitative estimate of drug-likeness (QED) is 0.839. The number of carboxylic acids is 1. The first-order valence-electron chi connectivity index (χ1n) is 5.63. The average Bonchev–Trinajstić information content (AvgIpc) is 2.47. The molecule has 0 aliphatic carbocycles. The van der Waals surface area contributed by atoms with Gasteiger partial charge in [-0.25, -0.2) is 0 Å². The molecule has 0 aliphatic heterocycles. The highest BCUT2D eigenvalue weighted by Crippen LogP contribution is 2.34. The predicted octanol–water partition coefficient (Wildman–Crippen LogP) is 2.01. The van der Waals surface area contributed by atoms with Gasteiger partial charge in [-0.05, 0) is 17.7 Å². The van der Waals surface area contributed by atoms with Gasteiger partial charge >= 0.3 is 5.97 Å². The smallest absolute Gasteiger partial charge is 0.325 e. The Morgan fingerprint density at radius 1 is 1.16 bits per heavy atom. The van der Waals surface area contributed by atoms with E-state index in [0.717, 1.165) is 0 Å². The number of aliphatic carboxylic acids is 1. The number of alkyl halides is 1. The zero-order chi connectivity index (χ0) is 13.9. The lowest BCUT2D eigenvalue weighted by Gasteiger charge is -2.30. The molecule has 5 heteroatoms. The molecule has 2 aromatic rings. The lowest BCUT2D eigenvalue weighted by atomic mass is 9.86. The lowest BCUT2D eigenvalue weighted by molar-refractivity contribution is -0.140. The van der Waals surface area contributed by atoms with Crippen LogP contribution in [-0.2, 0) is 10.4 Å². The molecule has 0 bridgehead atoms. The van der Waals surface area contributed by atoms with Crippen molar-refractivity contribution in [1.82, 2.24) is 4.98 Å². The van der Waals surface area contributed by atoms with Crippen LogP contribution in [0.4, 0.5) is 0 Å². The molecule has 0 radical (unpaired) electrons. The molecule has 0 spiro atoms. The van der Waals surface area contributed by atoms with Crippen LogP contribution in [0.2, 0.25) is 0 Å². The van der Waals surface area contributed by atoms with Crippen molar-refractivity contribution >= 4 is 17.6 Å². The molecule has 0 saturated heterocycles. The van der Waals surface area contributed by atoms with Crippen molar-refractivity contribution in [2.75, 3.05) is 0 Å². The monoisotopic (exact) mass is 277 g/mol. The summed E-state index contributed by atoms with van der Waals surface area (Å²) in [5, 5.41) is 18.4. The summed E-state index contributed by atoms with van der Waals surface area (Å²) in [7, 11) is 0. The Labute approximate surface area is 115 Å². The number of aliphatic hydroxyl groups is 1. The first kappa shape index (κ1) is 13.5. The van der Waals surface area contributed by atoms with E-state index in [1.54, 1.807) is 48.5 Å². The third-order valence-electron chi connectivity index (χ3n) is 2.85. The van der Waals surface area contributed by atoms with Crippen LogP contribution in [0.5, 0.6) is 0 Å². The minimum Gasteiger partial charge on any atom is -0.480 e. The van der Waals surface area contributed by atoms with Crippen molar-refractivity contribution in [3.63, 3.8) is 0 Å². The van der Waals surface area contributed by atoms with Crippen LogP contribution in [0, 0.1) is 0 Å². The van der Waals surface area contributed by atoms with E-state index in [1.807, 2.05) is 0 Å². The number of benzene rings is 1. The highest BCUT2D eigenvalue weighted by Gasteiger charge is 2.44. The third kappa shape index (κ3) is 2.45. The van der Waals surface area contributed by atoms with Crippen molar-refractivity contribution in [3.05, 3.63) is 66.0 Å². The van der Waals surface area contributed by atoms with E-state index < -0.39 is 16.9 Å². The number of nitrogens with zero attached hydrogens (tertiary/aromatic N) is 1. The molecule has 0 amide bonds. The van der Waals surface area contributed by atoms with Gasteiger partial charge in [0, 0.05) is 6.20 Å². The van der Waals surface area contributed by atoms with E-state index in [1.165, 1.54) is 6.20 Å². The third-order valence-corrected chi connectivity index (χ3v) is 3.36. The first-order chi connectivity index (χ1) is 9.06. The van der Waals surface area contributed by atoms with Crippen LogP contribution in [0.3, 0.4) is 0 Å². The summed E-state index contributed by atoms with van der Waals surface area (Å²) in [5.74, 6) is -1.31. The van der Waals surface area contributed by atoms with Gasteiger partial charge in [0.2, 0.25) is 0 Å². The Balaban J connectivity index is 2.61. The number of carboxylic acid groups (broad SMARTS) is 1. The highest BCUT2D eigenvalue weighted by atomic mass is 35.5. The SMILES string of the molecule is O=C(O)C(Cl)C(O)(c1ccccc1)c1ccccn1. The van der Waals surface area contributed by atoms with E-state index in [2.05, 4.69) is 4.98 Å². The van der Waals surface area contributed by atoms with Gasteiger partial charge in [-0.15, -0.1) is 11.6 Å². The fourth-order valence-corrected chi connectivity index (χ4v) is 2.12. The molecule has 0 fully saturated rings. The number of rotatable bonds is 4. The molecule has 1 aromatic carbocycles. The number of pyridine rings is 1. The van der Waals surface area contributed by atoms with Crippen LogP contribution in [-0.4, -0.2) is 26.5 Å². The Hall–Kier alpha value is -1.91. The van der Waals surface area contributed by atoms with Gasteiger partial charge in [0.25, 0.3) is 0 Å². The maximum Gasteiger partial charge on any atom is 0.325 e. The van der Waals surface area contributed by atoms with Gasteiger partial charge in [0.05, 0.1) is 5.69 Å². The molecule has 0 saturated carbocycles.